The smallest absolute Gasteiger partial charge is 0.171 e. The van der Waals surface area contributed by atoms with E-state index in [1.165, 1.54) is 0 Å². The third kappa shape index (κ3) is 4.84. The lowest BCUT2D eigenvalue weighted by atomic mass is 10.4. The van der Waals surface area contributed by atoms with Crippen LogP contribution in [0.4, 0.5) is 5.69 Å². The van der Waals surface area contributed by atoms with Gasteiger partial charge in [0.25, 0.3) is 0 Å². The number of anilines is 1. The number of thiocarbonyl (C=S) groups is 1. The normalized spacial score (nSPS) is 10.3. The second-order valence-corrected chi connectivity index (χ2v) is 6.19. The van der Waals surface area contributed by atoms with E-state index < -0.39 is 0 Å². The minimum absolute atomic E-state index is 0.534. The Morgan fingerprint density at radius 3 is 2.65 bits per heavy atom. The zero-order chi connectivity index (χ0) is 15.9. The molecule has 0 radical (unpaired) electrons. The molecule has 3 aromatic rings. The molecule has 23 heavy (non-hydrogen) atoms. The molecule has 0 fully saturated rings. The number of nitrogens with zero attached hydrogens (tertiary/aromatic N) is 1. The van der Waals surface area contributed by atoms with Crippen LogP contribution in [-0.4, -0.2) is 10.1 Å². The van der Waals surface area contributed by atoms with Crippen LogP contribution in [0, 0.1) is 0 Å². The average Bonchev–Trinajstić information content (AvgIpc) is 3.09. The predicted molar refractivity (Wildman–Crippen MR) is 96.6 cm³/mol. The summed E-state index contributed by atoms with van der Waals surface area (Å²) in [4.78, 5) is 5.59. The molecule has 1 aromatic carbocycles. The van der Waals surface area contributed by atoms with Crippen LogP contribution in [0.5, 0.6) is 0 Å². The maximum atomic E-state index is 5.25. The zero-order valence-electron chi connectivity index (χ0n) is 12.2. The highest BCUT2D eigenvalue weighted by Crippen LogP contribution is 2.25. The quantitative estimate of drug-likeness (QED) is 0.674. The summed E-state index contributed by atoms with van der Waals surface area (Å²) >= 11 is 6.87. The van der Waals surface area contributed by atoms with Gasteiger partial charge in [-0.2, -0.15) is 0 Å². The fourth-order valence-corrected chi connectivity index (χ4v) is 2.85. The predicted octanol–water partition coefficient (Wildman–Crippen LogP) is 4.31. The Hall–Kier alpha value is -2.31. The van der Waals surface area contributed by atoms with Gasteiger partial charge in [0.2, 0.25) is 0 Å². The molecule has 0 aliphatic carbocycles. The summed E-state index contributed by atoms with van der Waals surface area (Å²) < 4.78 is 5.24. The lowest BCUT2D eigenvalue weighted by Gasteiger charge is -2.09. The molecule has 0 saturated carbocycles. The highest BCUT2D eigenvalue weighted by molar-refractivity contribution is 7.99. The van der Waals surface area contributed by atoms with Gasteiger partial charge in [-0.15, -0.1) is 0 Å². The van der Waals surface area contributed by atoms with E-state index in [0.29, 0.717) is 11.7 Å². The van der Waals surface area contributed by atoms with Crippen LogP contribution in [0.1, 0.15) is 5.76 Å². The zero-order valence-corrected chi connectivity index (χ0v) is 13.9. The fraction of sp³-hybridized carbons (Fsp3) is 0.0588. The first-order chi connectivity index (χ1) is 11.3. The summed E-state index contributed by atoms with van der Waals surface area (Å²) in [5, 5.41) is 7.66. The first-order valence-electron chi connectivity index (χ1n) is 7.06. The topological polar surface area (TPSA) is 50.1 Å². The lowest BCUT2D eigenvalue weighted by molar-refractivity contribution is 0.503. The highest BCUT2D eigenvalue weighted by Gasteiger charge is 2.02. The van der Waals surface area contributed by atoms with Crippen molar-refractivity contribution in [1.29, 1.82) is 0 Å². The Labute approximate surface area is 144 Å². The molecule has 0 spiro atoms. The molecule has 0 aliphatic rings. The van der Waals surface area contributed by atoms with Crippen molar-refractivity contribution < 1.29 is 4.42 Å². The maximum absolute atomic E-state index is 5.25. The summed E-state index contributed by atoms with van der Waals surface area (Å²) in [7, 11) is 0. The molecule has 0 saturated heterocycles. The van der Waals surface area contributed by atoms with Crippen molar-refractivity contribution in [1.82, 2.24) is 10.3 Å². The molecule has 0 atom stereocenters. The van der Waals surface area contributed by atoms with Crippen LogP contribution < -0.4 is 10.6 Å². The van der Waals surface area contributed by atoms with Crippen LogP contribution in [0.3, 0.4) is 0 Å². The van der Waals surface area contributed by atoms with E-state index in [1.54, 1.807) is 24.2 Å². The number of hydrogen-bond donors (Lipinski definition) is 2. The van der Waals surface area contributed by atoms with Gasteiger partial charge in [0, 0.05) is 4.90 Å². The molecule has 0 amide bonds. The first-order valence-corrected chi connectivity index (χ1v) is 8.28. The minimum Gasteiger partial charge on any atom is -0.467 e. The number of aromatic nitrogens is 1. The molecule has 6 heteroatoms. The van der Waals surface area contributed by atoms with Gasteiger partial charge in [0.05, 0.1) is 24.7 Å². The Morgan fingerprint density at radius 2 is 1.96 bits per heavy atom. The Morgan fingerprint density at radius 1 is 1.09 bits per heavy atom. The number of rotatable bonds is 5. The van der Waals surface area contributed by atoms with Gasteiger partial charge >= 0.3 is 0 Å². The second-order valence-electron chi connectivity index (χ2n) is 4.69. The molecule has 0 bridgehead atoms. The maximum Gasteiger partial charge on any atom is 0.171 e. The summed E-state index contributed by atoms with van der Waals surface area (Å²) in [6.45, 7) is 0.550. The number of benzene rings is 1. The van der Waals surface area contributed by atoms with Gasteiger partial charge in [0.15, 0.2) is 5.11 Å². The molecule has 0 unspecified atom stereocenters. The van der Waals surface area contributed by atoms with Crippen molar-refractivity contribution in [3.05, 3.63) is 72.8 Å². The average molecular weight is 341 g/mol. The van der Waals surface area contributed by atoms with Gasteiger partial charge in [0.1, 0.15) is 10.8 Å². The van der Waals surface area contributed by atoms with E-state index in [2.05, 4.69) is 27.8 Å². The van der Waals surface area contributed by atoms with Crippen molar-refractivity contribution in [3.63, 3.8) is 0 Å². The van der Waals surface area contributed by atoms with E-state index in [-0.39, 0.29) is 0 Å². The summed E-state index contributed by atoms with van der Waals surface area (Å²) in [5.74, 6) is 0.835. The second kappa shape index (κ2) is 7.80. The van der Waals surface area contributed by atoms with Crippen LogP contribution in [0.25, 0.3) is 0 Å². The van der Waals surface area contributed by atoms with Crippen molar-refractivity contribution in [2.75, 3.05) is 5.32 Å². The standard InChI is InChI=1S/C17H15N3OS2/c22-17(19-12-14-5-4-10-21-14)20-13-8-9-16(18-11-13)23-15-6-2-1-3-7-15/h1-11H,12H2,(H2,19,20,22). The highest BCUT2D eigenvalue weighted by atomic mass is 32.2. The van der Waals surface area contributed by atoms with Crippen LogP contribution >= 0.6 is 24.0 Å². The van der Waals surface area contributed by atoms with E-state index in [4.69, 9.17) is 16.6 Å². The molecule has 3 rings (SSSR count). The Bertz CT molecular complexity index is 743. The van der Waals surface area contributed by atoms with Crippen LogP contribution in [0.15, 0.2) is 81.4 Å². The molecule has 4 nitrogen and oxygen atoms in total. The van der Waals surface area contributed by atoms with Crippen LogP contribution in [0.2, 0.25) is 0 Å². The van der Waals surface area contributed by atoms with Crippen molar-refractivity contribution in [2.24, 2.45) is 0 Å². The number of hydrogen-bond acceptors (Lipinski definition) is 4. The van der Waals surface area contributed by atoms with E-state index in [9.17, 15) is 0 Å². The van der Waals surface area contributed by atoms with Gasteiger partial charge in [-0.3, -0.25) is 0 Å². The van der Waals surface area contributed by atoms with Crippen molar-refractivity contribution >= 4 is 34.8 Å². The Kier molecular flexibility index (Phi) is 5.29. The number of pyridine rings is 1. The molecule has 2 heterocycles. The summed E-state index contributed by atoms with van der Waals surface area (Å²) in [6, 6.07) is 17.8. The SMILES string of the molecule is S=C(NCc1ccco1)Nc1ccc(Sc2ccccc2)nc1. The Balaban J connectivity index is 1.51. The first kappa shape index (κ1) is 15.6. The molecule has 116 valence electrons. The van der Waals surface area contributed by atoms with E-state index >= 15 is 0 Å². The number of nitrogens with one attached hydrogen (secondary N) is 2. The van der Waals surface area contributed by atoms with E-state index in [0.717, 1.165) is 21.4 Å². The largest absolute Gasteiger partial charge is 0.467 e. The van der Waals surface area contributed by atoms with E-state index in [1.807, 2.05) is 42.5 Å². The minimum atomic E-state index is 0.534. The monoisotopic (exact) mass is 341 g/mol. The fourth-order valence-electron chi connectivity index (χ4n) is 1.88. The van der Waals surface area contributed by atoms with Gasteiger partial charge < -0.3 is 15.1 Å². The molecule has 0 aliphatic heterocycles. The van der Waals surface area contributed by atoms with Gasteiger partial charge in [-0.25, -0.2) is 4.98 Å². The third-order valence-electron chi connectivity index (χ3n) is 2.96. The molecule has 2 aromatic heterocycles. The molecule has 2 N–H and O–H groups in total. The number of furan rings is 1. The van der Waals surface area contributed by atoms with Crippen molar-refractivity contribution in [2.45, 2.75) is 16.5 Å². The lowest BCUT2D eigenvalue weighted by Crippen LogP contribution is -2.27. The summed E-state index contributed by atoms with van der Waals surface area (Å²) in [6.07, 6.45) is 3.41. The van der Waals surface area contributed by atoms with Crippen molar-refractivity contribution in [3.8, 4) is 0 Å². The molecular formula is C17H15N3OS2. The van der Waals surface area contributed by atoms with Gasteiger partial charge in [-0.05, 0) is 48.6 Å². The van der Waals surface area contributed by atoms with Gasteiger partial charge in [-0.1, -0.05) is 30.0 Å². The summed E-state index contributed by atoms with van der Waals surface area (Å²) in [5.41, 5.74) is 0.847. The third-order valence-corrected chi connectivity index (χ3v) is 4.17. The van der Waals surface area contributed by atoms with Crippen LogP contribution in [-0.2, 0) is 6.54 Å². The molecular weight excluding hydrogens is 326 g/mol.